The van der Waals surface area contributed by atoms with Gasteiger partial charge in [0.25, 0.3) is 0 Å². The Morgan fingerprint density at radius 1 is 1.43 bits per heavy atom. The predicted molar refractivity (Wildman–Crippen MR) is 60.4 cm³/mol. The van der Waals surface area contributed by atoms with Gasteiger partial charge in [0.1, 0.15) is 0 Å². The molecule has 82 valence electrons. The van der Waals surface area contributed by atoms with Gasteiger partial charge in [-0.3, -0.25) is 9.89 Å². The van der Waals surface area contributed by atoms with Crippen LogP contribution in [0.4, 0.5) is 0 Å². The summed E-state index contributed by atoms with van der Waals surface area (Å²) in [7, 11) is 0. The van der Waals surface area contributed by atoms with Crippen molar-refractivity contribution < 1.29 is 0 Å². The highest BCUT2D eigenvalue weighted by molar-refractivity contribution is 5.78. The molecule has 0 aliphatic carbocycles. The third-order valence-corrected chi connectivity index (χ3v) is 2.82. The van der Waals surface area contributed by atoms with Gasteiger partial charge in [0.2, 0.25) is 0 Å². The number of hydrogen-bond acceptors (Lipinski definition) is 2. The van der Waals surface area contributed by atoms with Crippen LogP contribution < -0.4 is 5.73 Å². The molecule has 1 atom stereocenters. The van der Waals surface area contributed by atoms with Gasteiger partial charge in [-0.25, -0.2) is 0 Å². The van der Waals surface area contributed by atoms with Crippen molar-refractivity contribution in [3.05, 3.63) is 0 Å². The maximum absolute atomic E-state index is 5.87. The van der Waals surface area contributed by atoms with Gasteiger partial charge >= 0.3 is 0 Å². The monoisotopic (exact) mass is 198 g/mol. The zero-order chi connectivity index (χ0) is 10.6. The molecule has 1 unspecified atom stereocenters. The lowest BCUT2D eigenvalue weighted by molar-refractivity contribution is 0.129. The van der Waals surface area contributed by atoms with Crippen LogP contribution >= 0.6 is 0 Å². The summed E-state index contributed by atoms with van der Waals surface area (Å²) in [5.41, 5.74) is 5.87. The van der Waals surface area contributed by atoms with E-state index in [1.165, 1.54) is 0 Å². The van der Waals surface area contributed by atoms with Crippen LogP contribution in [0.2, 0.25) is 0 Å². The maximum Gasteiger partial charge on any atom is 0.191 e. The molecule has 14 heavy (non-hydrogen) atoms. The van der Waals surface area contributed by atoms with Crippen LogP contribution in [0, 0.1) is 0 Å². The molecule has 2 N–H and O–H groups in total. The van der Waals surface area contributed by atoms with Gasteiger partial charge in [0.15, 0.2) is 5.96 Å². The second-order valence-corrected chi connectivity index (χ2v) is 3.76. The minimum atomic E-state index is 0.583. The fourth-order valence-corrected chi connectivity index (χ4v) is 1.94. The topological polar surface area (TPSA) is 44.9 Å². The summed E-state index contributed by atoms with van der Waals surface area (Å²) >= 11 is 0. The molecule has 0 radical (unpaired) electrons. The minimum absolute atomic E-state index is 0.583. The Bertz CT molecular complexity index is 202. The van der Waals surface area contributed by atoms with Gasteiger partial charge in [0, 0.05) is 32.2 Å². The number of hydrogen-bond donors (Lipinski definition) is 1. The van der Waals surface area contributed by atoms with E-state index in [0.29, 0.717) is 12.0 Å². The number of aliphatic imine (C=N–C) groups is 1. The Balaban J connectivity index is 2.50. The first kappa shape index (κ1) is 11.3. The lowest BCUT2D eigenvalue weighted by Crippen LogP contribution is -2.55. The van der Waals surface area contributed by atoms with Crippen LogP contribution in [0.25, 0.3) is 0 Å². The number of likely N-dealkylation sites (N-methyl/N-ethyl adjacent to an activating group) is 1. The van der Waals surface area contributed by atoms with Gasteiger partial charge in [-0.1, -0.05) is 6.92 Å². The van der Waals surface area contributed by atoms with E-state index in [1.54, 1.807) is 0 Å². The number of piperazine rings is 1. The largest absolute Gasteiger partial charge is 0.370 e. The van der Waals surface area contributed by atoms with Gasteiger partial charge < -0.3 is 10.6 Å². The molecule has 0 bridgehead atoms. The van der Waals surface area contributed by atoms with E-state index in [4.69, 9.17) is 5.73 Å². The van der Waals surface area contributed by atoms with Crippen LogP contribution in [0.1, 0.15) is 20.8 Å². The highest BCUT2D eigenvalue weighted by Gasteiger charge is 2.22. The molecule has 1 fully saturated rings. The second kappa shape index (κ2) is 5.20. The summed E-state index contributed by atoms with van der Waals surface area (Å²) in [4.78, 5) is 8.88. The summed E-state index contributed by atoms with van der Waals surface area (Å²) in [6, 6.07) is 0.583. The third-order valence-electron chi connectivity index (χ3n) is 2.82. The highest BCUT2D eigenvalue weighted by Crippen LogP contribution is 2.08. The number of nitrogens with zero attached hydrogens (tertiary/aromatic N) is 3. The fourth-order valence-electron chi connectivity index (χ4n) is 1.94. The van der Waals surface area contributed by atoms with Crippen molar-refractivity contribution in [3.63, 3.8) is 0 Å². The van der Waals surface area contributed by atoms with Gasteiger partial charge in [-0.05, 0) is 20.4 Å². The SMILES string of the molecule is CCN=C(N)N1CCN(CC)C(C)C1. The molecule has 0 spiro atoms. The zero-order valence-electron chi connectivity index (χ0n) is 9.53. The summed E-state index contributed by atoms with van der Waals surface area (Å²) in [5.74, 6) is 0.704. The quantitative estimate of drug-likeness (QED) is 0.514. The van der Waals surface area contributed by atoms with Gasteiger partial charge in [-0.2, -0.15) is 0 Å². The lowest BCUT2D eigenvalue weighted by Gasteiger charge is -2.39. The van der Waals surface area contributed by atoms with Gasteiger partial charge in [-0.15, -0.1) is 0 Å². The number of rotatable bonds is 2. The molecule has 0 aromatic rings. The predicted octanol–water partition coefficient (Wildman–Crippen LogP) is 0.347. The molecule has 0 amide bonds. The fraction of sp³-hybridized carbons (Fsp3) is 0.900. The van der Waals surface area contributed by atoms with Gasteiger partial charge in [0.05, 0.1) is 0 Å². The Labute approximate surface area is 86.8 Å². The molecule has 4 heteroatoms. The van der Waals surface area contributed by atoms with E-state index in [0.717, 1.165) is 32.7 Å². The molecule has 1 rings (SSSR count). The zero-order valence-corrected chi connectivity index (χ0v) is 9.53. The van der Waals surface area contributed by atoms with Crippen LogP contribution in [0.3, 0.4) is 0 Å². The molecule has 4 nitrogen and oxygen atoms in total. The van der Waals surface area contributed by atoms with E-state index < -0.39 is 0 Å². The first-order valence-electron chi connectivity index (χ1n) is 5.48. The molecular formula is C10H22N4. The van der Waals surface area contributed by atoms with E-state index in [-0.39, 0.29) is 0 Å². The second-order valence-electron chi connectivity index (χ2n) is 3.76. The summed E-state index contributed by atoms with van der Waals surface area (Å²) in [5, 5.41) is 0. The normalized spacial score (nSPS) is 25.5. The lowest BCUT2D eigenvalue weighted by atomic mass is 10.2. The molecule has 0 aromatic heterocycles. The Morgan fingerprint density at radius 2 is 2.14 bits per heavy atom. The number of guanidine groups is 1. The Kier molecular flexibility index (Phi) is 4.20. The van der Waals surface area contributed by atoms with Crippen LogP contribution in [0.5, 0.6) is 0 Å². The van der Waals surface area contributed by atoms with Crippen LogP contribution in [-0.4, -0.2) is 54.5 Å². The van der Waals surface area contributed by atoms with Crippen molar-refractivity contribution in [3.8, 4) is 0 Å². The van der Waals surface area contributed by atoms with E-state index in [1.807, 2.05) is 6.92 Å². The molecule has 0 aromatic carbocycles. The Morgan fingerprint density at radius 3 is 2.64 bits per heavy atom. The molecule has 1 aliphatic heterocycles. The van der Waals surface area contributed by atoms with Crippen LogP contribution in [-0.2, 0) is 0 Å². The maximum atomic E-state index is 5.87. The summed E-state index contributed by atoms with van der Waals surface area (Å²) in [6.07, 6.45) is 0. The third kappa shape index (κ3) is 2.61. The first-order valence-corrected chi connectivity index (χ1v) is 5.48. The molecular weight excluding hydrogens is 176 g/mol. The summed E-state index contributed by atoms with van der Waals surface area (Å²) < 4.78 is 0. The van der Waals surface area contributed by atoms with Crippen LogP contribution in [0.15, 0.2) is 4.99 Å². The molecule has 1 heterocycles. The molecule has 1 aliphatic rings. The average molecular weight is 198 g/mol. The van der Waals surface area contributed by atoms with Crippen molar-refractivity contribution in [2.75, 3.05) is 32.7 Å². The van der Waals surface area contributed by atoms with Crippen molar-refractivity contribution in [1.82, 2.24) is 9.80 Å². The van der Waals surface area contributed by atoms with E-state index in [2.05, 4.69) is 28.6 Å². The van der Waals surface area contributed by atoms with E-state index >= 15 is 0 Å². The van der Waals surface area contributed by atoms with Crippen molar-refractivity contribution >= 4 is 5.96 Å². The molecule has 1 saturated heterocycles. The number of nitrogens with two attached hydrogens (primary N) is 1. The van der Waals surface area contributed by atoms with Crippen molar-refractivity contribution in [2.45, 2.75) is 26.8 Å². The van der Waals surface area contributed by atoms with Crippen molar-refractivity contribution in [1.29, 1.82) is 0 Å². The van der Waals surface area contributed by atoms with Crippen molar-refractivity contribution in [2.24, 2.45) is 10.7 Å². The summed E-state index contributed by atoms with van der Waals surface area (Å²) in [6.45, 7) is 11.5. The molecule has 0 saturated carbocycles. The minimum Gasteiger partial charge on any atom is -0.370 e. The Hall–Kier alpha value is -0.770. The first-order chi connectivity index (χ1) is 6.69. The highest BCUT2D eigenvalue weighted by atomic mass is 15.3. The average Bonchev–Trinajstić information content (AvgIpc) is 2.18. The smallest absolute Gasteiger partial charge is 0.191 e. The van der Waals surface area contributed by atoms with E-state index in [9.17, 15) is 0 Å². The standard InChI is InChI=1S/C10H22N4/c1-4-12-10(11)14-7-6-13(5-2)9(3)8-14/h9H,4-8H2,1-3H3,(H2,11,12).